The molecule has 0 amide bonds. The summed E-state index contributed by atoms with van der Waals surface area (Å²) in [6.45, 7) is 17.7. The molecule has 0 saturated heterocycles. The van der Waals surface area contributed by atoms with E-state index in [1.54, 1.807) is 0 Å². The van der Waals surface area contributed by atoms with Gasteiger partial charge in [-0.3, -0.25) is 0 Å². The van der Waals surface area contributed by atoms with Crippen molar-refractivity contribution in [2.24, 2.45) is 11.8 Å². The molecule has 1 saturated carbocycles. The predicted molar refractivity (Wildman–Crippen MR) is 130 cm³/mol. The topological polar surface area (TPSA) is 24.1 Å². The molecule has 0 aliphatic heterocycles. The molecule has 0 unspecified atom stereocenters. The second-order valence-electron chi connectivity index (χ2n) is 9.90. The van der Waals surface area contributed by atoms with E-state index in [1.807, 2.05) is 0 Å². The van der Waals surface area contributed by atoms with Crippen molar-refractivity contribution in [3.63, 3.8) is 0 Å². The fraction of sp³-hybridized carbons (Fsp3) is 0.571. The zero-order valence-electron chi connectivity index (χ0n) is 20.1. The molecular formula is C28H42N2. The Morgan fingerprint density at radius 2 is 0.867 bits per heavy atom. The van der Waals surface area contributed by atoms with E-state index in [2.05, 4.69) is 76.4 Å². The van der Waals surface area contributed by atoms with E-state index < -0.39 is 0 Å². The Kier molecular flexibility index (Phi) is 8.13. The molecule has 0 atom stereocenters. The minimum absolute atomic E-state index is 0.842. The molecule has 1 aliphatic carbocycles. The third-order valence-electron chi connectivity index (χ3n) is 7.12. The third kappa shape index (κ3) is 6.18. The Morgan fingerprint density at radius 1 is 0.567 bits per heavy atom. The van der Waals surface area contributed by atoms with Crippen LogP contribution in [0.1, 0.15) is 70.2 Å². The molecule has 0 heterocycles. The Balaban J connectivity index is 1.36. The van der Waals surface area contributed by atoms with Gasteiger partial charge in [-0.1, -0.05) is 35.4 Å². The highest BCUT2D eigenvalue weighted by Crippen LogP contribution is 2.28. The molecule has 0 radical (unpaired) electrons. The van der Waals surface area contributed by atoms with Crippen LogP contribution < -0.4 is 10.6 Å². The average Bonchev–Trinajstić information content (AvgIpc) is 2.67. The second kappa shape index (κ2) is 10.6. The maximum Gasteiger partial charge on any atom is 0.0210 e. The van der Waals surface area contributed by atoms with Crippen LogP contribution in [0.5, 0.6) is 0 Å². The van der Waals surface area contributed by atoms with Crippen LogP contribution in [0.4, 0.5) is 0 Å². The first-order valence-corrected chi connectivity index (χ1v) is 11.9. The molecule has 0 spiro atoms. The first-order valence-electron chi connectivity index (χ1n) is 11.9. The van der Waals surface area contributed by atoms with Crippen LogP contribution >= 0.6 is 0 Å². The Bertz CT molecular complexity index is 726. The maximum absolute atomic E-state index is 3.75. The van der Waals surface area contributed by atoms with Gasteiger partial charge in [0.25, 0.3) is 0 Å². The molecule has 1 aliphatic rings. The minimum atomic E-state index is 0.842. The SMILES string of the molecule is Cc1cc(C)c(CNCC2CCC(CNCc3c(C)cc(C)cc3C)CC2)c(C)c1. The first-order chi connectivity index (χ1) is 14.3. The van der Waals surface area contributed by atoms with Gasteiger partial charge in [0.1, 0.15) is 0 Å². The fourth-order valence-corrected chi connectivity index (χ4v) is 5.42. The Morgan fingerprint density at radius 3 is 1.17 bits per heavy atom. The molecule has 2 heteroatoms. The molecule has 0 bridgehead atoms. The summed E-state index contributed by atoms with van der Waals surface area (Å²) >= 11 is 0. The van der Waals surface area contributed by atoms with Gasteiger partial charge in [-0.25, -0.2) is 0 Å². The van der Waals surface area contributed by atoms with Gasteiger partial charge < -0.3 is 10.6 Å². The smallest absolute Gasteiger partial charge is 0.0210 e. The summed E-state index contributed by atoms with van der Waals surface area (Å²) in [7, 11) is 0. The molecule has 164 valence electrons. The highest BCUT2D eigenvalue weighted by atomic mass is 14.9. The molecule has 2 nitrogen and oxygen atoms in total. The summed E-state index contributed by atoms with van der Waals surface area (Å²) < 4.78 is 0. The van der Waals surface area contributed by atoms with Gasteiger partial charge in [-0.15, -0.1) is 0 Å². The highest BCUT2D eigenvalue weighted by molar-refractivity contribution is 5.38. The number of hydrogen-bond donors (Lipinski definition) is 2. The van der Waals surface area contributed by atoms with Crippen LogP contribution in [-0.2, 0) is 13.1 Å². The van der Waals surface area contributed by atoms with Gasteiger partial charge in [-0.05, 0) is 126 Å². The molecule has 2 aromatic rings. The van der Waals surface area contributed by atoms with E-state index in [9.17, 15) is 0 Å². The third-order valence-corrected chi connectivity index (χ3v) is 7.12. The Labute approximate surface area is 184 Å². The number of nitrogens with one attached hydrogen (secondary N) is 2. The number of aryl methyl sites for hydroxylation is 6. The highest BCUT2D eigenvalue weighted by Gasteiger charge is 2.21. The summed E-state index contributed by atoms with van der Waals surface area (Å²) in [6, 6.07) is 9.23. The van der Waals surface area contributed by atoms with Crippen LogP contribution in [0.2, 0.25) is 0 Å². The van der Waals surface area contributed by atoms with Crippen LogP contribution in [0.15, 0.2) is 24.3 Å². The molecule has 2 aromatic carbocycles. The van der Waals surface area contributed by atoms with Crippen molar-refractivity contribution >= 4 is 0 Å². The van der Waals surface area contributed by atoms with Gasteiger partial charge in [-0.2, -0.15) is 0 Å². The monoisotopic (exact) mass is 406 g/mol. The van der Waals surface area contributed by atoms with Crippen LogP contribution in [0.3, 0.4) is 0 Å². The second-order valence-corrected chi connectivity index (χ2v) is 9.90. The van der Waals surface area contributed by atoms with Crippen LogP contribution in [0.25, 0.3) is 0 Å². The number of benzene rings is 2. The first kappa shape index (κ1) is 23.0. The lowest BCUT2D eigenvalue weighted by molar-refractivity contribution is 0.260. The zero-order chi connectivity index (χ0) is 21.7. The molecular weight excluding hydrogens is 364 g/mol. The average molecular weight is 407 g/mol. The van der Waals surface area contributed by atoms with Crippen molar-refractivity contribution in [1.29, 1.82) is 0 Å². The quantitative estimate of drug-likeness (QED) is 0.543. The van der Waals surface area contributed by atoms with Gasteiger partial charge in [0.05, 0.1) is 0 Å². The lowest BCUT2D eigenvalue weighted by atomic mass is 9.82. The van der Waals surface area contributed by atoms with Gasteiger partial charge in [0.2, 0.25) is 0 Å². The summed E-state index contributed by atoms with van der Waals surface area (Å²) in [5.74, 6) is 1.68. The zero-order valence-corrected chi connectivity index (χ0v) is 20.1. The van der Waals surface area contributed by atoms with Crippen molar-refractivity contribution in [1.82, 2.24) is 10.6 Å². The molecule has 3 rings (SSSR count). The van der Waals surface area contributed by atoms with Crippen LogP contribution in [0, 0.1) is 53.4 Å². The van der Waals surface area contributed by atoms with Crippen molar-refractivity contribution in [3.8, 4) is 0 Å². The van der Waals surface area contributed by atoms with Gasteiger partial charge in [0.15, 0.2) is 0 Å². The number of hydrogen-bond acceptors (Lipinski definition) is 2. The summed E-state index contributed by atoms with van der Waals surface area (Å²) in [5, 5.41) is 7.51. The predicted octanol–water partition coefficient (Wildman–Crippen LogP) is 6.22. The van der Waals surface area contributed by atoms with E-state index in [0.29, 0.717) is 0 Å². The van der Waals surface area contributed by atoms with Gasteiger partial charge in [0, 0.05) is 13.1 Å². The Hall–Kier alpha value is -1.64. The van der Waals surface area contributed by atoms with E-state index in [0.717, 1.165) is 38.0 Å². The van der Waals surface area contributed by atoms with Gasteiger partial charge >= 0.3 is 0 Å². The van der Waals surface area contributed by atoms with Crippen molar-refractivity contribution in [2.45, 2.75) is 80.3 Å². The minimum Gasteiger partial charge on any atom is -0.312 e. The van der Waals surface area contributed by atoms with E-state index in [4.69, 9.17) is 0 Å². The van der Waals surface area contributed by atoms with E-state index >= 15 is 0 Å². The summed E-state index contributed by atoms with van der Waals surface area (Å²) in [6.07, 6.45) is 5.48. The molecule has 1 fully saturated rings. The maximum atomic E-state index is 3.75. The summed E-state index contributed by atoms with van der Waals surface area (Å²) in [5.41, 5.74) is 11.4. The van der Waals surface area contributed by atoms with E-state index in [-0.39, 0.29) is 0 Å². The van der Waals surface area contributed by atoms with Crippen molar-refractivity contribution in [2.75, 3.05) is 13.1 Å². The standard InChI is InChI=1S/C28H42N2/c1-19-11-21(3)27(22(4)12-19)17-29-15-25-7-9-26(10-8-25)16-30-18-28-23(5)13-20(2)14-24(28)6/h11-14,25-26,29-30H,7-10,15-18H2,1-6H3. The van der Waals surface area contributed by atoms with Crippen molar-refractivity contribution in [3.05, 3.63) is 68.8 Å². The van der Waals surface area contributed by atoms with E-state index in [1.165, 1.54) is 70.2 Å². The molecule has 30 heavy (non-hydrogen) atoms. The van der Waals surface area contributed by atoms with Crippen LogP contribution in [-0.4, -0.2) is 13.1 Å². The molecule has 0 aromatic heterocycles. The van der Waals surface area contributed by atoms with Crippen molar-refractivity contribution < 1.29 is 0 Å². The molecule has 2 N–H and O–H groups in total. The lowest BCUT2D eigenvalue weighted by Crippen LogP contribution is -2.30. The number of rotatable bonds is 8. The normalized spacial score (nSPS) is 19.3. The largest absolute Gasteiger partial charge is 0.312 e. The fourth-order valence-electron chi connectivity index (χ4n) is 5.42. The lowest BCUT2D eigenvalue weighted by Gasteiger charge is -2.29. The summed E-state index contributed by atoms with van der Waals surface area (Å²) in [4.78, 5) is 0.